The monoisotopic (exact) mass is 394 g/mol. The number of anilines is 1. The lowest BCUT2D eigenvalue weighted by atomic mass is 10.2. The highest BCUT2D eigenvalue weighted by molar-refractivity contribution is 5.90. The predicted molar refractivity (Wildman–Crippen MR) is 104 cm³/mol. The Bertz CT molecular complexity index is 1090. The van der Waals surface area contributed by atoms with Crippen LogP contribution >= 0.6 is 0 Å². The molecule has 1 aliphatic heterocycles. The molecule has 1 aliphatic carbocycles. The summed E-state index contributed by atoms with van der Waals surface area (Å²) in [4.78, 5) is 24.9. The van der Waals surface area contributed by atoms with E-state index in [-0.39, 0.29) is 18.1 Å². The minimum atomic E-state index is -0.282. The highest BCUT2D eigenvalue weighted by Crippen LogP contribution is 2.36. The Hall–Kier alpha value is -3.30. The molecule has 10 nitrogen and oxygen atoms in total. The van der Waals surface area contributed by atoms with Crippen LogP contribution in [-0.2, 0) is 24.3 Å². The van der Waals surface area contributed by atoms with Gasteiger partial charge in [0.15, 0.2) is 5.82 Å². The van der Waals surface area contributed by atoms with Crippen molar-refractivity contribution in [2.24, 2.45) is 0 Å². The smallest absolute Gasteiger partial charge is 0.324 e. The maximum atomic E-state index is 12.5. The van der Waals surface area contributed by atoms with Crippen LogP contribution in [0.1, 0.15) is 44.0 Å². The van der Waals surface area contributed by atoms with E-state index >= 15 is 0 Å². The Balaban J connectivity index is 1.27. The summed E-state index contributed by atoms with van der Waals surface area (Å²) >= 11 is 0. The van der Waals surface area contributed by atoms with Crippen LogP contribution < -0.4 is 11.0 Å². The molecule has 150 valence electrons. The first-order valence-electron chi connectivity index (χ1n) is 10.0. The van der Waals surface area contributed by atoms with Crippen molar-refractivity contribution in [3.63, 3.8) is 0 Å². The summed E-state index contributed by atoms with van der Waals surface area (Å²) in [5, 5.41) is 19.1. The zero-order valence-corrected chi connectivity index (χ0v) is 16.0. The Morgan fingerprint density at radius 2 is 1.97 bits per heavy atom. The number of nitrogens with zero attached hydrogens (tertiary/aromatic N) is 7. The van der Waals surface area contributed by atoms with E-state index in [1.807, 2.05) is 28.9 Å². The molecule has 1 saturated carbocycles. The Morgan fingerprint density at radius 3 is 2.76 bits per heavy atom. The van der Waals surface area contributed by atoms with Crippen LogP contribution in [0.5, 0.6) is 0 Å². The normalized spacial score (nSPS) is 16.3. The maximum absolute atomic E-state index is 12.5. The van der Waals surface area contributed by atoms with Crippen LogP contribution in [0.25, 0.3) is 11.4 Å². The van der Waals surface area contributed by atoms with Crippen molar-refractivity contribution in [1.29, 1.82) is 0 Å². The summed E-state index contributed by atoms with van der Waals surface area (Å²) in [6, 6.07) is 7.77. The SMILES string of the molecule is O=C(Cn1nc2n(c1=O)CCCCC2)Nc1ccc(-c2nnnn2C2CC2)cc1. The van der Waals surface area contributed by atoms with E-state index in [1.165, 1.54) is 4.68 Å². The van der Waals surface area contributed by atoms with Gasteiger partial charge in [0.1, 0.15) is 12.4 Å². The van der Waals surface area contributed by atoms with Crippen LogP contribution in [0.15, 0.2) is 29.1 Å². The fraction of sp³-hybridized carbons (Fsp3) is 0.474. The van der Waals surface area contributed by atoms with Crippen molar-refractivity contribution in [2.45, 2.75) is 57.7 Å². The molecule has 0 unspecified atom stereocenters. The number of rotatable bonds is 5. The van der Waals surface area contributed by atoms with E-state index in [4.69, 9.17) is 0 Å². The fourth-order valence-electron chi connectivity index (χ4n) is 3.72. The molecule has 0 saturated heterocycles. The molecular weight excluding hydrogens is 372 g/mol. The molecule has 29 heavy (non-hydrogen) atoms. The summed E-state index contributed by atoms with van der Waals surface area (Å²) in [6.07, 6.45) is 6.09. The molecule has 3 heterocycles. The van der Waals surface area contributed by atoms with Gasteiger partial charge in [-0.3, -0.25) is 9.36 Å². The summed E-state index contributed by atoms with van der Waals surface area (Å²) in [5.74, 6) is 1.23. The molecule has 0 bridgehead atoms. The zero-order chi connectivity index (χ0) is 19.8. The Labute approximate surface area is 166 Å². The molecule has 1 N–H and O–H groups in total. The molecule has 2 aromatic heterocycles. The van der Waals surface area contributed by atoms with Gasteiger partial charge in [-0.1, -0.05) is 6.42 Å². The van der Waals surface area contributed by atoms with Crippen molar-refractivity contribution in [1.82, 2.24) is 34.6 Å². The van der Waals surface area contributed by atoms with Gasteiger partial charge in [0, 0.05) is 24.2 Å². The average molecular weight is 394 g/mol. The number of nitrogens with one attached hydrogen (secondary N) is 1. The van der Waals surface area contributed by atoms with Gasteiger partial charge >= 0.3 is 5.69 Å². The van der Waals surface area contributed by atoms with Gasteiger partial charge in [-0.05, 0) is 60.4 Å². The van der Waals surface area contributed by atoms with E-state index in [9.17, 15) is 9.59 Å². The van der Waals surface area contributed by atoms with Crippen molar-refractivity contribution >= 4 is 11.6 Å². The molecule has 10 heteroatoms. The lowest BCUT2D eigenvalue weighted by Gasteiger charge is -2.07. The number of fused-ring (bicyclic) bond motifs is 1. The molecule has 3 aromatic rings. The third-order valence-corrected chi connectivity index (χ3v) is 5.39. The third-order valence-electron chi connectivity index (χ3n) is 5.39. The summed E-state index contributed by atoms with van der Waals surface area (Å²) < 4.78 is 4.80. The minimum absolute atomic E-state index is 0.0967. The average Bonchev–Trinajstić information content (AvgIpc) is 3.44. The number of amides is 1. The number of benzene rings is 1. The van der Waals surface area contributed by atoms with Crippen LogP contribution in [0.2, 0.25) is 0 Å². The molecule has 1 amide bonds. The van der Waals surface area contributed by atoms with E-state index in [0.717, 1.165) is 55.7 Å². The zero-order valence-electron chi connectivity index (χ0n) is 16.0. The van der Waals surface area contributed by atoms with Crippen LogP contribution in [0.3, 0.4) is 0 Å². The topological polar surface area (TPSA) is 113 Å². The molecule has 1 fully saturated rings. The van der Waals surface area contributed by atoms with Crippen molar-refractivity contribution < 1.29 is 4.79 Å². The van der Waals surface area contributed by atoms with Gasteiger partial charge < -0.3 is 5.32 Å². The second-order valence-corrected chi connectivity index (χ2v) is 7.62. The van der Waals surface area contributed by atoms with Crippen LogP contribution in [0.4, 0.5) is 5.69 Å². The number of carbonyl (C=O) groups excluding carboxylic acids is 1. The van der Waals surface area contributed by atoms with Gasteiger partial charge in [-0.15, -0.1) is 5.10 Å². The highest BCUT2D eigenvalue weighted by atomic mass is 16.2. The van der Waals surface area contributed by atoms with E-state index < -0.39 is 0 Å². The summed E-state index contributed by atoms with van der Waals surface area (Å²) in [6.45, 7) is 0.581. The largest absolute Gasteiger partial charge is 0.346 e. The first kappa shape index (κ1) is 17.8. The van der Waals surface area contributed by atoms with E-state index in [0.29, 0.717) is 18.3 Å². The molecular formula is C19H22N8O2. The molecule has 0 radical (unpaired) electrons. The lowest BCUT2D eigenvalue weighted by Crippen LogP contribution is -2.30. The molecule has 0 atom stereocenters. The maximum Gasteiger partial charge on any atom is 0.346 e. The van der Waals surface area contributed by atoms with Gasteiger partial charge in [0.25, 0.3) is 0 Å². The number of tetrazole rings is 1. The van der Waals surface area contributed by atoms with Gasteiger partial charge in [-0.2, -0.15) is 5.10 Å². The van der Waals surface area contributed by atoms with Crippen LogP contribution in [-0.4, -0.2) is 40.5 Å². The number of aryl methyl sites for hydroxylation is 1. The Morgan fingerprint density at radius 1 is 1.14 bits per heavy atom. The molecule has 2 aliphatic rings. The molecule has 1 aromatic carbocycles. The third kappa shape index (κ3) is 3.57. The fourth-order valence-corrected chi connectivity index (χ4v) is 3.72. The van der Waals surface area contributed by atoms with Gasteiger partial charge in [-0.25, -0.2) is 14.2 Å². The van der Waals surface area contributed by atoms with E-state index in [2.05, 4.69) is 25.9 Å². The highest BCUT2D eigenvalue weighted by Gasteiger charge is 2.28. The number of carbonyl (C=O) groups is 1. The molecule has 0 spiro atoms. The number of hydrogen-bond acceptors (Lipinski definition) is 6. The summed E-state index contributed by atoms with van der Waals surface area (Å²) in [5.41, 5.74) is 1.34. The quantitative estimate of drug-likeness (QED) is 0.700. The van der Waals surface area contributed by atoms with Crippen molar-refractivity contribution in [2.75, 3.05) is 5.32 Å². The second kappa shape index (κ2) is 7.26. The van der Waals surface area contributed by atoms with Gasteiger partial charge in [0.2, 0.25) is 5.91 Å². The number of hydrogen-bond donors (Lipinski definition) is 1. The lowest BCUT2D eigenvalue weighted by molar-refractivity contribution is -0.117. The van der Waals surface area contributed by atoms with Crippen molar-refractivity contribution in [3.8, 4) is 11.4 Å². The minimum Gasteiger partial charge on any atom is -0.324 e. The first-order chi connectivity index (χ1) is 14.2. The van der Waals surface area contributed by atoms with E-state index in [1.54, 1.807) is 4.57 Å². The first-order valence-corrected chi connectivity index (χ1v) is 10.0. The van der Waals surface area contributed by atoms with Crippen LogP contribution in [0, 0.1) is 0 Å². The standard InChI is InChI=1S/C19H22N8O2/c28-17(12-26-19(29)25-11-3-1-2-4-16(25)22-26)20-14-7-5-13(6-8-14)18-21-23-24-27(18)15-9-10-15/h5-8,15H,1-4,9-12H2,(H,20,28). The summed E-state index contributed by atoms with van der Waals surface area (Å²) in [7, 11) is 0. The van der Waals surface area contributed by atoms with Gasteiger partial charge in [0.05, 0.1) is 6.04 Å². The van der Waals surface area contributed by atoms with Crippen molar-refractivity contribution in [3.05, 3.63) is 40.6 Å². The number of aromatic nitrogens is 7. The predicted octanol–water partition coefficient (Wildman–Crippen LogP) is 1.40. The second-order valence-electron chi connectivity index (χ2n) is 7.62. The Kier molecular flexibility index (Phi) is 4.45. The molecule has 5 rings (SSSR count).